The number of amides is 2. The lowest BCUT2D eigenvalue weighted by atomic mass is 10.0. The van der Waals surface area contributed by atoms with E-state index in [-0.39, 0.29) is 18.4 Å². The highest BCUT2D eigenvalue weighted by atomic mass is 16.5. The van der Waals surface area contributed by atoms with E-state index in [1.165, 1.54) is 5.56 Å². The highest BCUT2D eigenvalue weighted by molar-refractivity contribution is 5.94. The van der Waals surface area contributed by atoms with Crippen LogP contribution in [0.4, 0.5) is 0 Å². The summed E-state index contributed by atoms with van der Waals surface area (Å²) in [5.74, 6) is 1.16. The predicted molar refractivity (Wildman–Crippen MR) is 110 cm³/mol. The van der Waals surface area contributed by atoms with Gasteiger partial charge in [0.25, 0.3) is 11.8 Å². The summed E-state index contributed by atoms with van der Waals surface area (Å²) in [6.07, 6.45) is 0. The number of hydrogen-bond donors (Lipinski definition) is 0. The molecule has 0 unspecified atom stereocenters. The van der Waals surface area contributed by atoms with Gasteiger partial charge in [0.05, 0.1) is 0 Å². The standard InChI is InChI=1S/C23H28N2O3/c1-17(2)19-8-10-20(11-9-19)23(27)25-14-12-24(13-15-25)22(26)16-28-21-7-5-4-6-18(21)3/h4-11,17H,12-16H2,1-3H3. The molecule has 0 spiro atoms. The Balaban J connectivity index is 1.50. The number of carbonyl (C=O) groups is 2. The van der Waals surface area contributed by atoms with Crippen molar-refractivity contribution in [1.82, 2.24) is 9.80 Å². The van der Waals surface area contributed by atoms with Gasteiger partial charge in [0, 0.05) is 31.7 Å². The molecule has 0 aromatic heterocycles. The predicted octanol–water partition coefficient (Wildman–Crippen LogP) is 3.48. The van der Waals surface area contributed by atoms with Crippen molar-refractivity contribution in [3.8, 4) is 5.75 Å². The largest absolute Gasteiger partial charge is 0.484 e. The minimum Gasteiger partial charge on any atom is -0.484 e. The van der Waals surface area contributed by atoms with Gasteiger partial charge in [-0.05, 0) is 42.2 Å². The second kappa shape index (κ2) is 8.91. The van der Waals surface area contributed by atoms with E-state index in [0.29, 0.717) is 37.7 Å². The zero-order valence-corrected chi connectivity index (χ0v) is 16.9. The average Bonchev–Trinajstić information content (AvgIpc) is 2.72. The molecule has 5 nitrogen and oxygen atoms in total. The Morgan fingerprint density at radius 1 is 0.929 bits per heavy atom. The van der Waals surface area contributed by atoms with Crippen molar-refractivity contribution in [1.29, 1.82) is 0 Å². The highest BCUT2D eigenvalue weighted by Crippen LogP contribution is 2.18. The molecule has 0 atom stereocenters. The van der Waals surface area contributed by atoms with Gasteiger partial charge in [-0.25, -0.2) is 0 Å². The van der Waals surface area contributed by atoms with Crippen LogP contribution in [0, 0.1) is 6.92 Å². The summed E-state index contributed by atoms with van der Waals surface area (Å²) >= 11 is 0. The average molecular weight is 380 g/mol. The number of benzene rings is 2. The van der Waals surface area contributed by atoms with Crippen LogP contribution in [0.2, 0.25) is 0 Å². The number of para-hydroxylation sites is 1. The molecule has 1 fully saturated rings. The number of rotatable bonds is 5. The van der Waals surface area contributed by atoms with Gasteiger partial charge in [0.1, 0.15) is 5.75 Å². The van der Waals surface area contributed by atoms with Crippen LogP contribution in [0.25, 0.3) is 0 Å². The van der Waals surface area contributed by atoms with Crippen LogP contribution in [0.5, 0.6) is 5.75 Å². The van der Waals surface area contributed by atoms with Crippen LogP contribution in [-0.2, 0) is 4.79 Å². The Bertz CT molecular complexity index is 822. The van der Waals surface area contributed by atoms with Gasteiger partial charge in [-0.2, -0.15) is 0 Å². The Labute approximate surface area is 166 Å². The smallest absolute Gasteiger partial charge is 0.260 e. The maximum Gasteiger partial charge on any atom is 0.260 e. The maximum absolute atomic E-state index is 12.7. The minimum absolute atomic E-state index is 0.0233. The van der Waals surface area contributed by atoms with Crippen LogP contribution < -0.4 is 4.74 Å². The van der Waals surface area contributed by atoms with Crippen molar-refractivity contribution in [3.05, 3.63) is 65.2 Å². The number of ether oxygens (including phenoxy) is 1. The second-order valence-corrected chi connectivity index (χ2v) is 7.50. The zero-order valence-electron chi connectivity index (χ0n) is 16.9. The lowest BCUT2D eigenvalue weighted by molar-refractivity contribution is -0.134. The fraction of sp³-hybridized carbons (Fsp3) is 0.391. The molecule has 5 heteroatoms. The first-order valence-electron chi connectivity index (χ1n) is 9.81. The molecule has 28 heavy (non-hydrogen) atoms. The van der Waals surface area contributed by atoms with E-state index in [1.807, 2.05) is 60.4 Å². The van der Waals surface area contributed by atoms with E-state index in [9.17, 15) is 9.59 Å². The van der Waals surface area contributed by atoms with Gasteiger partial charge in [0.2, 0.25) is 0 Å². The molecule has 2 amide bonds. The molecule has 0 N–H and O–H groups in total. The van der Waals surface area contributed by atoms with Crippen molar-refractivity contribution in [2.45, 2.75) is 26.7 Å². The van der Waals surface area contributed by atoms with E-state index in [4.69, 9.17) is 4.74 Å². The summed E-state index contributed by atoms with van der Waals surface area (Å²) in [7, 11) is 0. The number of nitrogens with zero attached hydrogens (tertiary/aromatic N) is 2. The lowest BCUT2D eigenvalue weighted by Crippen LogP contribution is -2.51. The van der Waals surface area contributed by atoms with Crippen LogP contribution in [0.15, 0.2) is 48.5 Å². The molecule has 0 radical (unpaired) electrons. The normalized spacial score (nSPS) is 14.3. The number of piperazine rings is 1. The molecule has 3 rings (SSSR count). The molecule has 2 aromatic carbocycles. The van der Waals surface area contributed by atoms with E-state index >= 15 is 0 Å². The van der Waals surface area contributed by atoms with E-state index in [2.05, 4.69) is 13.8 Å². The van der Waals surface area contributed by atoms with Gasteiger partial charge in [0.15, 0.2) is 6.61 Å². The summed E-state index contributed by atoms with van der Waals surface area (Å²) < 4.78 is 5.65. The topological polar surface area (TPSA) is 49.9 Å². The summed E-state index contributed by atoms with van der Waals surface area (Å²) in [5.41, 5.74) is 2.93. The Hall–Kier alpha value is -2.82. The Kier molecular flexibility index (Phi) is 6.34. The third-order valence-electron chi connectivity index (χ3n) is 5.19. The molecule has 2 aromatic rings. The molecular formula is C23H28N2O3. The van der Waals surface area contributed by atoms with Gasteiger partial charge in [-0.3, -0.25) is 9.59 Å². The Morgan fingerprint density at radius 3 is 2.14 bits per heavy atom. The molecule has 0 bridgehead atoms. The van der Waals surface area contributed by atoms with Crippen LogP contribution >= 0.6 is 0 Å². The van der Waals surface area contributed by atoms with Crippen molar-refractivity contribution in [2.24, 2.45) is 0 Å². The second-order valence-electron chi connectivity index (χ2n) is 7.50. The molecule has 0 aliphatic carbocycles. The fourth-order valence-corrected chi connectivity index (χ4v) is 3.30. The van der Waals surface area contributed by atoms with Crippen LogP contribution in [-0.4, -0.2) is 54.4 Å². The monoisotopic (exact) mass is 380 g/mol. The van der Waals surface area contributed by atoms with Crippen LogP contribution in [0.3, 0.4) is 0 Å². The van der Waals surface area contributed by atoms with Gasteiger partial charge in [-0.15, -0.1) is 0 Å². The summed E-state index contributed by atoms with van der Waals surface area (Å²) in [6.45, 7) is 8.40. The quantitative estimate of drug-likeness (QED) is 0.798. The van der Waals surface area contributed by atoms with Crippen molar-refractivity contribution < 1.29 is 14.3 Å². The first-order chi connectivity index (χ1) is 13.5. The number of carbonyl (C=O) groups excluding carboxylic acids is 2. The molecule has 148 valence electrons. The molecule has 1 aliphatic heterocycles. The highest BCUT2D eigenvalue weighted by Gasteiger charge is 2.25. The maximum atomic E-state index is 12.7. The first kappa shape index (κ1) is 19.9. The summed E-state index contributed by atoms with van der Waals surface area (Å²) in [6, 6.07) is 15.5. The van der Waals surface area contributed by atoms with Crippen LogP contribution in [0.1, 0.15) is 41.3 Å². The van der Waals surface area contributed by atoms with E-state index < -0.39 is 0 Å². The van der Waals surface area contributed by atoms with Crippen molar-refractivity contribution in [2.75, 3.05) is 32.8 Å². The fourth-order valence-electron chi connectivity index (χ4n) is 3.30. The molecule has 1 saturated heterocycles. The molecular weight excluding hydrogens is 352 g/mol. The van der Waals surface area contributed by atoms with Gasteiger partial charge in [-0.1, -0.05) is 44.2 Å². The number of hydrogen-bond acceptors (Lipinski definition) is 3. The lowest BCUT2D eigenvalue weighted by Gasteiger charge is -2.34. The zero-order chi connectivity index (χ0) is 20.1. The third kappa shape index (κ3) is 4.71. The minimum atomic E-state index is -0.0448. The first-order valence-corrected chi connectivity index (χ1v) is 9.81. The summed E-state index contributed by atoms with van der Waals surface area (Å²) in [5, 5.41) is 0. The van der Waals surface area contributed by atoms with Gasteiger partial charge < -0.3 is 14.5 Å². The molecule has 0 saturated carbocycles. The van der Waals surface area contributed by atoms with E-state index in [0.717, 1.165) is 11.3 Å². The SMILES string of the molecule is Cc1ccccc1OCC(=O)N1CCN(C(=O)c2ccc(C(C)C)cc2)CC1. The molecule has 1 heterocycles. The van der Waals surface area contributed by atoms with E-state index in [1.54, 1.807) is 4.90 Å². The Morgan fingerprint density at radius 2 is 1.54 bits per heavy atom. The van der Waals surface area contributed by atoms with Gasteiger partial charge >= 0.3 is 0 Å². The van der Waals surface area contributed by atoms with Crippen molar-refractivity contribution >= 4 is 11.8 Å². The molecule has 1 aliphatic rings. The van der Waals surface area contributed by atoms with Crippen molar-refractivity contribution in [3.63, 3.8) is 0 Å². The summed E-state index contributed by atoms with van der Waals surface area (Å²) in [4.78, 5) is 28.7. The number of aryl methyl sites for hydroxylation is 1. The third-order valence-corrected chi connectivity index (χ3v) is 5.19.